The molecule has 1 amide bonds. The second-order valence-electron chi connectivity index (χ2n) is 7.57. The third kappa shape index (κ3) is 3.72. The summed E-state index contributed by atoms with van der Waals surface area (Å²) in [7, 11) is 0. The molecule has 1 aliphatic carbocycles. The van der Waals surface area contributed by atoms with E-state index in [1.807, 2.05) is 24.3 Å². The summed E-state index contributed by atoms with van der Waals surface area (Å²) in [5.41, 5.74) is 2.43. The number of carbonyl (C=O) groups is 1. The minimum absolute atomic E-state index is 0.122. The number of anilines is 1. The van der Waals surface area contributed by atoms with Crippen molar-refractivity contribution >= 4 is 11.6 Å². The third-order valence-electron chi connectivity index (χ3n) is 5.50. The summed E-state index contributed by atoms with van der Waals surface area (Å²) >= 11 is 0. The fourth-order valence-corrected chi connectivity index (χ4v) is 3.64. The molecule has 29 heavy (non-hydrogen) atoms. The minimum atomic E-state index is -0.388. The number of aromatic nitrogens is 2. The molecule has 2 aromatic carbocycles. The van der Waals surface area contributed by atoms with Crippen LogP contribution in [0.3, 0.4) is 0 Å². The average Bonchev–Trinajstić information content (AvgIpc) is 3.50. The summed E-state index contributed by atoms with van der Waals surface area (Å²) in [5, 5.41) is 4.08. The lowest BCUT2D eigenvalue weighted by Gasteiger charge is -2.36. The molecular weight excluding hydrogens is 371 g/mol. The molecule has 1 saturated heterocycles. The second-order valence-corrected chi connectivity index (χ2v) is 7.57. The van der Waals surface area contributed by atoms with Gasteiger partial charge in [-0.05, 0) is 55.3 Å². The molecular formula is C22H21FN4O2. The first-order valence-corrected chi connectivity index (χ1v) is 9.91. The molecule has 0 N–H and O–H groups in total. The van der Waals surface area contributed by atoms with Gasteiger partial charge in [0.15, 0.2) is 0 Å². The van der Waals surface area contributed by atoms with Crippen molar-refractivity contribution in [2.75, 3.05) is 31.1 Å². The zero-order valence-corrected chi connectivity index (χ0v) is 15.9. The number of amides is 1. The largest absolute Gasteiger partial charge is 0.368 e. The Labute approximate surface area is 167 Å². The van der Waals surface area contributed by atoms with Crippen LogP contribution in [0.5, 0.6) is 0 Å². The Morgan fingerprint density at radius 3 is 2.48 bits per heavy atom. The second kappa shape index (κ2) is 7.31. The Balaban J connectivity index is 1.22. The minimum Gasteiger partial charge on any atom is -0.368 e. The number of nitrogens with zero attached hydrogens (tertiary/aromatic N) is 4. The highest BCUT2D eigenvalue weighted by Gasteiger charge is 2.30. The van der Waals surface area contributed by atoms with Crippen LogP contribution < -0.4 is 4.90 Å². The van der Waals surface area contributed by atoms with Crippen molar-refractivity contribution in [3.05, 3.63) is 65.8 Å². The van der Waals surface area contributed by atoms with Gasteiger partial charge in [0.25, 0.3) is 5.91 Å². The maximum atomic E-state index is 13.4. The maximum absolute atomic E-state index is 13.4. The van der Waals surface area contributed by atoms with Crippen LogP contribution in [0, 0.1) is 5.82 Å². The Morgan fingerprint density at radius 1 is 1.03 bits per heavy atom. The molecule has 0 unspecified atom stereocenters. The van der Waals surface area contributed by atoms with Crippen LogP contribution in [0.2, 0.25) is 0 Å². The summed E-state index contributed by atoms with van der Waals surface area (Å²) in [6.45, 7) is 2.67. The van der Waals surface area contributed by atoms with Gasteiger partial charge in [-0.25, -0.2) is 4.39 Å². The van der Waals surface area contributed by atoms with Crippen LogP contribution in [0.1, 0.15) is 35.0 Å². The molecule has 0 spiro atoms. The fraction of sp³-hybridized carbons (Fsp3) is 0.318. The first-order valence-electron chi connectivity index (χ1n) is 9.91. The molecule has 1 saturated carbocycles. The van der Waals surface area contributed by atoms with Gasteiger partial charge in [-0.15, -0.1) is 0 Å². The van der Waals surface area contributed by atoms with Gasteiger partial charge in [-0.1, -0.05) is 11.2 Å². The zero-order chi connectivity index (χ0) is 19.8. The molecule has 1 aliphatic heterocycles. The van der Waals surface area contributed by atoms with Gasteiger partial charge < -0.3 is 14.3 Å². The molecule has 0 atom stereocenters. The van der Waals surface area contributed by atoms with Gasteiger partial charge in [-0.3, -0.25) is 4.79 Å². The summed E-state index contributed by atoms with van der Waals surface area (Å²) < 4.78 is 18.7. The van der Waals surface area contributed by atoms with Crippen molar-refractivity contribution in [2.45, 2.75) is 18.8 Å². The Bertz CT molecular complexity index is 1020. The number of piperazine rings is 1. The average molecular weight is 392 g/mol. The predicted octanol–water partition coefficient (Wildman–Crippen LogP) is 3.72. The van der Waals surface area contributed by atoms with Gasteiger partial charge in [0.2, 0.25) is 11.7 Å². The lowest BCUT2D eigenvalue weighted by atomic mass is 10.1. The normalized spacial score (nSPS) is 16.9. The van der Waals surface area contributed by atoms with E-state index in [2.05, 4.69) is 15.0 Å². The molecule has 148 valence electrons. The Morgan fingerprint density at radius 2 is 1.79 bits per heavy atom. The van der Waals surface area contributed by atoms with Crippen molar-refractivity contribution in [1.82, 2.24) is 15.0 Å². The van der Waals surface area contributed by atoms with E-state index in [4.69, 9.17) is 4.52 Å². The van der Waals surface area contributed by atoms with Gasteiger partial charge in [0, 0.05) is 48.9 Å². The first kappa shape index (κ1) is 17.8. The quantitative estimate of drug-likeness (QED) is 0.677. The van der Waals surface area contributed by atoms with E-state index in [-0.39, 0.29) is 11.7 Å². The van der Waals surface area contributed by atoms with E-state index in [9.17, 15) is 9.18 Å². The number of benzene rings is 2. The molecule has 7 heteroatoms. The molecule has 6 nitrogen and oxygen atoms in total. The molecule has 3 aromatic rings. The molecule has 2 heterocycles. The lowest BCUT2D eigenvalue weighted by molar-refractivity contribution is 0.0746. The fourth-order valence-electron chi connectivity index (χ4n) is 3.64. The van der Waals surface area contributed by atoms with Crippen molar-refractivity contribution in [2.24, 2.45) is 0 Å². The van der Waals surface area contributed by atoms with Gasteiger partial charge in [0.05, 0.1) is 0 Å². The highest BCUT2D eigenvalue weighted by molar-refractivity contribution is 5.94. The van der Waals surface area contributed by atoms with Gasteiger partial charge in [-0.2, -0.15) is 4.98 Å². The number of hydrogen-bond acceptors (Lipinski definition) is 5. The monoisotopic (exact) mass is 392 g/mol. The van der Waals surface area contributed by atoms with Crippen molar-refractivity contribution in [3.8, 4) is 11.4 Å². The Hall–Kier alpha value is -3.22. The molecule has 2 aliphatic rings. The summed E-state index contributed by atoms with van der Waals surface area (Å²) in [5.74, 6) is 1.30. The summed E-state index contributed by atoms with van der Waals surface area (Å²) in [6, 6.07) is 14.0. The number of carbonyl (C=O) groups excluding carboxylic acids is 1. The smallest absolute Gasteiger partial charge is 0.254 e. The SMILES string of the molecule is O=C(c1cccc(F)c1)N1CCN(c2ccc(-c3noc(C4CC4)n3)cc2)CC1. The number of rotatable bonds is 4. The third-order valence-corrected chi connectivity index (χ3v) is 5.50. The van der Waals surface area contributed by atoms with E-state index in [1.54, 1.807) is 17.0 Å². The van der Waals surface area contributed by atoms with Crippen molar-refractivity contribution < 1.29 is 13.7 Å². The van der Waals surface area contributed by atoms with Crippen LogP contribution in [-0.2, 0) is 0 Å². The molecule has 0 radical (unpaired) electrons. The zero-order valence-electron chi connectivity index (χ0n) is 15.9. The first-order chi connectivity index (χ1) is 14.2. The number of halogens is 1. The van der Waals surface area contributed by atoms with E-state index in [0.717, 1.165) is 43.1 Å². The number of hydrogen-bond donors (Lipinski definition) is 0. The molecule has 5 rings (SSSR count). The summed E-state index contributed by atoms with van der Waals surface area (Å²) in [6.07, 6.45) is 2.27. The van der Waals surface area contributed by atoms with Crippen LogP contribution in [0.15, 0.2) is 53.1 Å². The lowest BCUT2D eigenvalue weighted by Crippen LogP contribution is -2.48. The summed E-state index contributed by atoms with van der Waals surface area (Å²) in [4.78, 5) is 21.1. The molecule has 0 bridgehead atoms. The Kier molecular flexibility index (Phi) is 4.50. The standard InChI is InChI=1S/C22H21FN4O2/c23-18-3-1-2-17(14-18)22(28)27-12-10-26(11-13-27)19-8-6-15(7-9-19)20-24-21(29-25-20)16-4-5-16/h1-3,6-9,14,16H,4-5,10-13H2. The van der Waals surface area contributed by atoms with Crippen LogP contribution in [-0.4, -0.2) is 47.1 Å². The van der Waals surface area contributed by atoms with Gasteiger partial charge in [0.1, 0.15) is 5.82 Å². The van der Waals surface area contributed by atoms with Crippen LogP contribution >= 0.6 is 0 Å². The maximum Gasteiger partial charge on any atom is 0.254 e. The van der Waals surface area contributed by atoms with E-state index in [1.165, 1.54) is 12.1 Å². The van der Waals surface area contributed by atoms with E-state index >= 15 is 0 Å². The highest BCUT2D eigenvalue weighted by atomic mass is 19.1. The van der Waals surface area contributed by atoms with Crippen LogP contribution in [0.25, 0.3) is 11.4 Å². The van der Waals surface area contributed by atoms with E-state index < -0.39 is 0 Å². The molecule has 2 fully saturated rings. The van der Waals surface area contributed by atoms with Gasteiger partial charge >= 0.3 is 0 Å². The van der Waals surface area contributed by atoms with E-state index in [0.29, 0.717) is 30.4 Å². The van der Waals surface area contributed by atoms with Crippen molar-refractivity contribution in [1.29, 1.82) is 0 Å². The molecule has 1 aromatic heterocycles. The highest BCUT2D eigenvalue weighted by Crippen LogP contribution is 2.39. The topological polar surface area (TPSA) is 62.5 Å². The predicted molar refractivity (Wildman–Crippen MR) is 106 cm³/mol. The van der Waals surface area contributed by atoms with Crippen molar-refractivity contribution in [3.63, 3.8) is 0 Å². The van der Waals surface area contributed by atoms with Crippen LogP contribution in [0.4, 0.5) is 10.1 Å².